The Bertz CT molecular complexity index is 504. The Hall–Kier alpha value is -1.84. The van der Waals surface area contributed by atoms with Gasteiger partial charge in [-0.2, -0.15) is 0 Å². The molecule has 0 aliphatic carbocycles. The maximum absolute atomic E-state index is 12.4. The average Bonchev–Trinajstić information content (AvgIpc) is 2.54. The molecule has 1 aliphatic heterocycles. The summed E-state index contributed by atoms with van der Waals surface area (Å²) in [5.74, 6) is -0.648. The Labute approximate surface area is 132 Å². The number of nitrogens with zero attached hydrogens (tertiary/aromatic N) is 1. The van der Waals surface area contributed by atoms with Gasteiger partial charge in [-0.25, -0.2) is 0 Å². The zero-order valence-corrected chi connectivity index (χ0v) is 13.3. The van der Waals surface area contributed by atoms with E-state index in [0.29, 0.717) is 5.56 Å². The van der Waals surface area contributed by atoms with Crippen molar-refractivity contribution in [2.75, 3.05) is 13.1 Å². The molecule has 1 amide bonds. The molecule has 1 unspecified atom stereocenters. The lowest BCUT2D eigenvalue weighted by Crippen LogP contribution is -2.35. The van der Waals surface area contributed by atoms with E-state index in [9.17, 15) is 9.59 Å². The molecule has 1 fully saturated rings. The van der Waals surface area contributed by atoms with E-state index in [1.165, 1.54) is 6.42 Å². The van der Waals surface area contributed by atoms with Gasteiger partial charge in [0, 0.05) is 18.7 Å². The average molecular weight is 303 g/mol. The van der Waals surface area contributed by atoms with Crippen LogP contribution in [0, 0.1) is 0 Å². The van der Waals surface area contributed by atoms with Crippen LogP contribution in [0.5, 0.6) is 0 Å². The fourth-order valence-corrected chi connectivity index (χ4v) is 3.12. The third-order valence-corrected chi connectivity index (χ3v) is 4.33. The van der Waals surface area contributed by atoms with Crippen molar-refractivity contribution in [3.05, 3.63) is 35.4 Å². The topological polar surface area (TPSA) is 57.6 Å². The van der Waals surface area contributed by atoms with Crippen LogP contribution in [0.25, 0.3) is 0 Å². The summed E-state index contributed by atoms with van der Waals surface area (Å²) in [6, 6.07) is 7.52. The molecule has 0 bridgehead atoms. The highest BCUT2D eigenvalue weighted by molar-refractivity contribution is 5.94. The molecule has 1 heterocycles. The van der Waals surface area contributed by atoms with Crippen molar-refractivity contribution >= 4 is 11.9 Å². The predicted octanol–water partition coefficient (Wildman–Crippen LogP) is 3.67. The summed E-state index contributed by atoms with van der Waals surface area (Å²) in [7, 11) is 0. The molecule has 22 heavy (non-hydrogen) atoms. The number of benzene rings is 1. The highest BCUT2D eigenvalue weighted by atomic mass is 16.4. The number of piperidine rings is 1. The molecule has 1 aromatic rings. The minimum Gasteiger partial charge on any atom is -0.481 e. The van der Waals surface area contributed by atoms with Crippen LogP contribution < -0.4 is 0 Å². The molecule has 0 spiro atoms. The van der Waals surface area contributed by atoms with Gasteiger partial charge < -0.3 is 10.0 Å². The first-order valence-electron chi connectivity index (χ1n) is 8.23. The summed E-state index contributed by atoms with van der Waals surface area (Å²) >= 11 is 0. The molecule has 4 heteroatoms. The largest absolute Gasteiger partial charge is 0.481 e. The number of hydrogen-bond acceptors (Lipinski definition) is 2. The predicted molar refractivity (Wildman–Crippen MR) is 86.1 cm³/mol. The van der Waals surface area contributed by atoms with Crippen LogP contribution in [0.3, 0.4) is 0 Å². The Balaban J connectivity index is 2.07. The molecule has 1 atom stereocenters. The van der Waals surface area contributed by atoms with Gasteiger partial charge in [0.05, 0.1) is 6.42 Å². The molecular formula is C18H25NO3. The number of carbonyl (C=O) groups is 2. The van der Waals surface area contributed by atoms with Gasteiger partial charge in [0.25, 0.3) is 5.91 Å². The minimum atomic E-state index is -0.771. The van der Waals surface area contributed by atoms with Gasteiger partial charge in [-0.15, -0.1) is 0 Å². The molecular weight excluding hydrogens is 278 g/mol. The maximum atomic E-state index is 12.4. The Kier molecular flexibility index (Phi) is 5.99. The standard InChI is InChI=1S/C18H25NO3/c1-2-6-16(13-17(20)21)14-7-9-15(10-8-14)18(22)19-11-4-3-5-12-19/h7-10,16H,2-6,11-13H2,1H3,(H,20,21). The molecule has 1 aromatic carbocycles. The molecule has 4 nitrogen and oxygen atoms in total. The Morgan fingerprint density at radius 2 is 1.77 bits per heavy atom. The number of amides is 1. The van der Waals surface area contributed by atoms with E-state index in [4.69, 9.17) is 5.11 Å². The van der Waals surface area contributed by atoms with E-state index in [2.05, 4.69) is 6.92 Å². The molecule has 1 N–H and O–H groups in total. The quantitative estimate of drug-likeness (QED) is 0.872. The van der Waals surface area contributed by atoms with Gasteiger partial charge in [0.1, 0.15) is 0 Å². The Morgan fingerprint density at radius 1 is 1.14 bits per heavy atom. The highest BCUT2D eigenvalue weighted by Crippen LogP contribution is 2.25. The first kappa shape index (κ1) is 16.5. The van der Waals surface area contributed by atoms with Crippen molar-refractivity contribution in [2.24, 2.45) is 0 Å². The smallest absolute Gasteiger partial charge is 0.303 e. The zero-order valence-electron chi connectivity index (χ0n) is 13.3. The van der Waals surface area contributed by atoms with Crippen LogP contribution in [0.2, 0.25) is 0 Å². The summed E-state index contributed by atoms with van der Waals surface area (Å²) in [5.41, 5.74) is 1.72. The number of carboxylic acids is 1. The summed E-state index contributed by atoms with van der Waals surface area (Å²) in [5, 5.41) is 9.02. The van der Waals surface area contributed by atoms with Gasteiger partial charge in [-0.3, -0.25) is 9.59 Å². The van der Waals surface area contributed by atoms with Crippen molar-refractivity contribution in [1.82, 2.24) is 4.90 Å². The lowest BCUT2D eigenvalue weighted by molar-refractivity contribution is -0.137. The lowest BCUT2D eigenvalue weighted by Gasteiger charge is -2.27. The van der Waals surface area contributed by atoms with Gasteiger partial charge >= 0.3 is 5.97 Å². The van der Waals surface area contributed by atoms with Crippen LogP contribution in [-0.4, -0.2) is 35.0 Å². The van der Waals surface area contributed by atoms with E-state index < -0.39 is 5.97 Å². The summed E-state index contributed by atoms with van der Waals surface area (Å²) in [4.78, 5) is 25.3. The molecule has 0 radical (unpaired) electrons. The second kappa shape index (κ2) is 7.97. The van der Waals surface area contributed by atoms with Crippen molar-refractivity contribution in [3.63, 3.8) is 0 Å². The molecule has 1 aliphatic rings. The van der Waals surface area contributed by atoms with Crippen LogP contribution in [0.15, 0.2) is 24.3 Å². The van der Waals surface area contributed by atoms with Crippen molar-refractivity contribution in [2.45, 2.75) is 51.4 Å². The van der Waals surface area contributed by atoms with Gasteiger partial charge in [-0.05, 0) is 49.3 Å². The number of likely N-dealkylation sites (tertiary alicyclic amines) is 1. The van der Waals surface area contributed by atoms with E-state index in [1.807, 2.05) is 29.2 Å². The maximum Gasteiger partial charge on any atom is 0.303 e. The molecule has 0 saturated carbocycles. The summed E-state index contributed by atoms with van der Waals surface area (Å²) in [6.07, 6.45) is 5.32. The number of carbonyl (C=O) groups excluding carboxylic acids is 1. The number of rotatable bonds is 6. The lowest BCUT2D eigenvalue weighted by atomic mass is 9.91. The number of aliphatic carboxylic acids is 1. The summed E-state index contributed by atoms with van der Waals surface area (Å²) < 4.78 is 0. The SMILES string of the molecule is CCCC(CC(=O)O)c1ccc(C(=O)N2CCCCC2)cc1. The van der Waals surface area contributed by atoms with Gasteiger partial charge in [0.2, 0.25) is 0 Å². The van der Waals surface area contributed by atoms with E-state index in [0.717, 1.165) is 44.3 Å². The van der Waals surface area contributed by atoms with E-state index in [1.54, 1.807) is 0 Å². The van der Waals surface area contributed by atoms with Crippen molar-refractivity contribution in [3.8, 4) is 0 Å². The second-order valence-corrected chi connectivity index (χ2v) is 6.06. The van der Waals surface area contributed by atoms with Crippen LogP contribution in [0.1, 0.15) is 67.3 Å². The Morgan fingerprint density at radius 3 is 2.32 bits per heavy atom. The molecule has 120 valence electrons. The zero-order chi connectivity index (χ0) is 15.9. The fraction of sp³-hybridized carbons (Fsp3) is 0.556. The van der Waals surface area contributed by atoms with Crippen LogP contribution in [-0.2, 0) is 4.79 Å². The molecule has 0 aromatic heterocycles. The second-order valence-electron chi connectivity index (χ2n) is 6.06. The monoisotopic (exact) mass is 303 g/mol. The molecule has 2 rings (SSSR count). The van der Waals surface area contributed by atoms with Crippen molar-refractivity contribution in [1.29, 1.82) is 0 Å². The van der Waals surface area contributed by atoms with Gasteiger partial charge in [0.15, 0.2) is 0 Å². The number of hydrogen-bond donors (Lipinski definition) is 1. The molecule has 1 saturated heterocycles. The minimum absolute atomic E-state index is 0.0293. The first-order chi connectivity index (χ1) is 10.6. The van der Waals surface area contributed by atoms with Crippen LogP contribution >= 0.6 is 0 Å². The summed E-state index contributed by atoms with van der Waals surface area (Å²) in [6.45, 7) is 3.75. The fourth-order valence-electron chi connectivity index (χ4n) is 3.12. The third kappa shape index (κ3) is 4.33. The highest BCUT2D eigenvalue weighted by Gasteiger charge is 2.19. The van der Waals surface area contributed by atoms with Gasteiger partial charge in [-0.1, -0.05) is 25.5 Å². The third-order valence-electron chi connectivity index (χ3n) is 4.33. The van der Waals surface area contributed by atoms with E-state index in [-0.39, 0.29) is 18.2 Å². The van der Waals surface area contributed by atoms with Crippen LogP contribution in [0.4, 0.5) is 0 Å². The first-order valence-corrected chi connectivity index (χ1v) is 8.23. The van der Waals surface area contributed by atoms with Crippen molar-refractivity contribution < 1.29 is 14.7 Å². The van der Waals surface area contributed by atoms with E-state index >= 15 is 0 Å². The number of carboxylic acid groups (broad SMARTS) is 1. The normalized spacial score (nSPS) is 16.3.